The lowest BCUT2D eigenvalue weighted by atomic mass is 10.1. The monoisotopic (exact) mass is 471 g/mol. The van der Waals surface area contributed by atoms with Crippen LogP contribution in [0.1, 0.15) is 5.56 Å². The maximum Gasteiger partial charge on any atom is 0.270 e. The van der Waals surface area contributed by atoms with Gasteiger partial charge in [-0.1, -0.05) is 46.0 Å². The van der Waals surface area contributed by atoms with Crippen LogP contribution in [-0.2, 0) is 4.79 Å². The van der Waals surface area contributed by atoms with Gasteiger partial charge in [-0.05, 0) is 42.0 Å². The fourth-order valence-electron chi connectivity index (χ4n) is 2.82. The highest BCUT2D eigenvalue weighted by molar-refractivity contribution is 9.10. The number of aromatic nitrogens is 1. The van der Waals surface area contributed by atoms with E-state index in [0.717, 1.165) is 9.86 Å². The molecule has 2 heterocycles. The molecule has 1 fully saturated rings. The zero-order valence-corrected chi connectivity index (χ0v) is 17.3. The van der Waals surface area contributed by atoms with E-state index >= 15 is 0 Å². The van der Waals surface area contributed by atoms with Gasteiger partial charge in [0.25, 0.3) is 11.6 Å². The summed E-state index contributed by atoms with van der Waals surface area (Å²) in [7, 11) is 0. The number of amides is 1. The number of hydrogen-bond acceptors (Lipinski definition) is 6. The zero-order valence-electron chi connectivity index (χ0n) is 14.0. The lowest BCUT2D eigenvalue weighted by molar-refractivity contribution is -0.384. The molecule has 0 saturated carbocycles. The number of hydrogen-bond donors (Lipinski definition) is 0. The van der Waals surface area contributed by atoms with Crippen molar-refractivity contribution in [2.24, 2.45) is 0 Å². The highest BCUT2D eigenvalue weighted by Crippen LogP contribution is 2.39. The lowest BCUT2D eigenvalue weighted by Gasteiger charge is -2.17. The molecule has 0 atom stereocenters. The van der Waals surface area contributed by atoms with E-state index in [9.17, 15) is 14.9 Å². The summed E-state index contributed by atoms with van der Waals surface area (Å²) in [6.45, 7) is 0. The Labute approximate surface area is 177 Å². The molecule has 6 nitrogen and oxygen atoms in total. The SMILES string of the molecule is O=C1/C(=C/c2ccc([N+](=O)[O-])cc2)SC(=S)N1c1ccc(Br)c2cccnc12. The molecule has 4 rings (SSSR count). The predicted molar refractivity (Wildman–Crippen MR) is 118 cm³/mol. The van der Waals surface area contributed by atoms with E-state index < -0.39 is 4.92 Å². The van der Waals surface area contributed by atoms with Crippen LogP contribution in [0.3, 0.4) is 0 Å². The van der Waals surface area contributed by atoms with Crippen LogP contribution in [-0.4, -0.2) is 20.1 Å². The van der Waals surface area contributed by atoms with E-state index in [2.05, 4.69) is 20.9 Å². The summed E-state index contributed by atoms with van der Waals surface area (Å²) in [5.74, 6) is -0.248. The second kappa shape index (κ2) is 7.42. The minimum absolute atomic E-state index is 0.00268. The minimum Gasteiger partial charge on any atom is -0.268 e. The van der Waals surface area contributed by atoms with Gasteiger partial charge in [0.05, 0.1) is 21.0 Å². The second-order valence-electron chi connectivity index (χ2n) is 5.83. The summed E-state index contributed by atoms with van der Waals surface area (Å²) in [5, 5.41) is 11.7. The van der Waals surface area contributed by atoms with Gasteiger partial charge in [-0.25, -0.2) is 0 Å². The van der Waals surface area contributed by atoms with Gasteiger partial charge < -0.3 is 0 Å². The number of thiocarbonyl (C=S) groups is 1. The number of thioether (sulfide) groups is 1. The number of benzene rings is 2. The number of fused-ring (bicyclic) bond motifs is 1. The van der Waals surface area contributed by atoms with Crippen molar-refractivity contribution in [3.05, 3.63) is 79.8 Å². The number of halogens is 1. The van der Waals surface area contributed by atoms with Gasteiger partial charge in [0.1, 0.15) is 0 Å². The molecule has 0 radical (unpaired) electrons. The molecule has 138 valence electrons. The molecule has 1 amide bonds. The molecular formula is C19H10BrN3O3S2. The smallest absolute Gasteiger partial charge is 0.268 e. The van der Waals surface area contributed by atoms with Crippen molar-refractivity contribution in [2.45, 2.75) is 0 Å². The Morgan fingerprint density at radius 1 is 1.18 bits per heavy atom. The highest BCUT2D eigenvalue weighted by Gasteiger charge is 2.34. The molecule has 1 aliphatic rings. The number of non-ortho nitro benzene ring substituents is 1. The number of pyridine rings is 1. The molecule has 2 aromatic carbocycles. The van der Waals surface area contributed by atoms with Crippen LogP contribution >= 0.6 is 39.9 Å². The van der Waals surface area contributed by atoms with Crippen molar-refractivity contribution in [2.75, 3.05) is 4.90 Å². The van der Waals surface area contributed by atoms with Crippen molar-refractivity contribution in [3.63, 3.8) is 0 Å². The topological polar surface area (TPSA) is 76.3 Å². The highest BCUT2D eigenvalue weighted by atomic mass is 79.9. The number of anilines is 1. The Hall–Kier alpha value is -2.62. The number of nitro groups is 1. The summed E-state index contributed by atoms with van der Waals surface area (Å²) in [4.78, 5) is 29.7. The van der Waals surface area contributed by atoms with Crippen LogP contribution in [0.25, 0.3) is 17.0 Å². The first kappa shape index (κ1) is 18.7. The van der Waals surface area contributed by atoms with E-state index in [-0.39, 0.29) is 11.6 Å². The van der Waals surface area contributed by atoms with Crippen LogP contribution in [0, 0.1) is 10.1 Å². The van der Waals surface area contributed by atoms with Crippen molar-refractivity contribution in [1.82, 2.24) is 4.98 Å². The Morgan fingerprint density at radius 2 is 1.93 bits per heavy atom. The average molecular weight is 472 g/mol. The number of carbonyl (C=O) groups is 1. The number of rotatable bonds is 3. The molecule has 0 spiro atoms. The van der Waals surface area contributed by atoms with Gasteiger partial charge in [0, 0.05) is 28.2 Å². The molecule has 1 saturated heterocycles. The molecule has 9 heteroatoms. The molecule has 28 heavy (non-hydrogen) atoms. The average Bonchev–Trinajstić information content (AvgIpc) is 2.96. The van der Waals surface area contributed by atoms with E-state index in [0.29, 0.717) is 26.0 Å². The Morgan fingerprint density at radius 3 is 2.64 bits per heavy atom. The predicted octanol–water partition coefficient (Wildman–Crippen LogP) is 5.31. The first-order valence-corrected chi connectivity index (χ1v) is 10.0. The fraction of sp³-hybridized carbons (Fsp3) is 0. The maximum absolute atomic E-state index is 13.0. The molecule has 0 N–H and O–H groups in total. The van der Waals surface area contributed by atoms with E-state index in [1.807, 2.05) is 18.2 Å². The number of nitrogens with zero attached hydrogens (tertiary/aromatic N) is 3. The summed E-state index contributed by atoms with van der Waals surface area (Å²) >= 11 is 10.1. The van der Waals surface area contributed by atoms with Crippen LogP contribution in [0.2, 0.25) is 0 Å². The first-order chi connectivity index (χ1) is 13.5. The Bertz CT molecular complexity index is 1180. The standard InChI is InChI=1S/C19H10BrN3O3S2/c20-14-7-8-15(17-13(14)2-1-9-21-17)22-18(24)16(28-19(22)27)10-11-3-5-12(6-4-11)23(25)26/h1-10H/b16-10-. The largest absolute Gasteiger partial charge is 0.270 e. The second-order valence-corrected chi connectivity index (χ2v) is 8.36. The molecule has 1 aromatic heterocycles. The molecule has 0 aliphatic carbocycles. The van der Waals surface area contributed by atoms with Gasteiger partial charge in [-0.3, -0.25) is 24.8 Å². The summed E-state index contributed by atoms with van der Waals surface area (Å²) < 4.78 is 1.29. The van der Waals surface area contributed by atoms with Crippen LogP contribution in [0.4, 0.5) is 11.4 Å². The maximum atomic E-state index is 13.0. The zero-order chi connectivity index (χ0) is 19.8. The number of nitro benzene ring substituents is 1. The van der Waals surface area contributed by atoms with Crippen molar-refractivity contribution < 1.29 is 9.72 Å². The van der Waals surface area contributed by atoms with Gasteiger partial charge in [-0.15, -0.1) is 0 Å². The van der Waals surface area contributed by atoms with E-state index in [1.54, 1.807) is 30.5 Å². The normalized spacial score (nSPS) is 15.6. The molecule has 3 aromatic rings. The van der Waals surface area contributed by atoms with Crippen molar-refractivity contribution in [1.29, 1.82) is 0 Å². The third-order valence-corrected chi connectivity index (χ3v) is 6.13. The minimum atomic E-state index is -0.463. The van der Waals surface area contributed by atoms with Crippen LogP contribution < -0.4 is 4.90 Å². The van der Waals surface area contributed by atoms with Crippen LogP contribution in [0.5, 0.6) is 0 Å². The van der Waals surface area contributed by atoms with E-state index in [1.165, 1.54) is 28.8 Å². The van der Waals surface area contributed by atoms with Gasteiger partial charge in [0.15, 0.2) is 4.32 Å². The van der Waals surface area contributed by atoms with Gasteiger partial charge >= 0.3 is 0 Å². The first-order valence-electron chi connectivity index (χ1n) is 8.01. The lowest BCUT2D eigenvalue weighted by Crippen LogP contribution is -2.27. The molecule has 0 bridgehead atoms. The summed E-state index contributed by atoms with van der Waals surface area (Å²) in [6.07, 6.45) is 3.35. The fourth-order valence-corrected chi connectivity index (χ4v) is 4.56. The number of carbonyl (C=O) groups excluding carboxylic acids is 1. The van der Waals surface area contributed by atoms with Crippen molar-refractivity contribution in [3.8, 4) is 0 Å². The Kier molecular flexibility index (Phi) is 4.96. The molecule has 0 unspecified atom stereocenters. The third-order valence-electron chi connectivity index (χ3n) is 4.13. The quantitative estimate of drug-likeness (QED) is 0.223. The van der Waals surface area contributed by atoms with Gasteiger partial charge in [-0.2, -0.15) is 0 Å². The van der Waals surface area contributed by atoms with Crippen LogP contribution in [0.15, 0.2) is 64.1 Å². The summed E-state index contributed by atoms with van der Waals surface area (Å²) in [5.41, 5.74) is 1.97. The molecule has 1 aliphatic heterocycles. The Balaban J connectivity index is 1.72. The molecular weight excluding hydrogens is 462 g/mol. The third kappa shape index (κ3) is 3.32. The summed E-state index contributed by atoms with van der Waals surface area (Å²) in [6, 6.07) is 13.4. The van der Waals surface area contributed by atoms with Crippen molar-refractivity contribution >= 4 is 78.5 Å². The van der Waals surface area contributed by atoms with Gasteiger partial charge in [0.2, 0.25) is 0 Å². The van der Waals surface area contributed by atoms with E-state index in [4.69, 9.17) is 12.2 Å².